The Kier molecular flexibility index (Phi) is 5.43. The maximum Gasteiger partial charge on any atom is 0.165 e. The number of rotatable bonds is 5. The van der Waals surface area contributed by atoms with Crippen molar-refractivity contribution in [2.24, 2.45) is 0 Å². The van der Waals surface area contributed by atoms with Crippen molar-refractivity contribution in [2.75, 3.05) is 40.4 Å². The predicted molar refractivity (Wildman–Crippen MR) is 95.2 cm³/mol. The van der Waals surface area contributed by atoms with Crippen LogP contribution in [0.4, 0.5) is 0 Å². The fourth-order valence-corrected chi connectivity index (χ4v) is 4.29. The van der Waals surface area contributed by atoms with E-state index in [-0.39, 0.29) is 6.04 Å². The molecule has 124 valence electrons. The molecule has 0 bridgehead atoms. The van der Waals surface area contributed by atoms with Crippen molar-refractivity contribution < 1.29 is 9.47 Å². The lowest BCUT2D eigenvalue weighted by atomic mass is 10.0. The van der Waals surface area contributed by atoms with E-state index >= 15 is 0 Å². The first kappa shape index (κ1) is 16.6. The highest BCUT2D eigenvalue weighted by atomic mass is 35.5. The number of halogens is 1. The first-order chi connectivity index (χ1) is 11.2. The molecule has 2 aromatic rings. The van der Waals surface area contributed by atoms with Crippen LogP contribution in [0.5, 0.6) is 11.5 Å². The van der Waals surface area contributed by atoms with Crippen LogP contribution in [0, 0.1) is 0 Å². The number of hydrogen-bond donors (Lipinski definition) is 1. The van der Waals surface area contributed by atoms with Gasteiger partial charge in [0.15, 0.2) is 11.5 Å². The van der Waals surface area contributed by atoms with Crippen LogP contribution >= 0.6 is 22.9 Å². The van der Waals surface area contributed by atoms with Crippen LogP contribution in [0.1, 0.15) is 16.5 Å². The van der Waals surface area contributed by atoms with E-state index in [0.717, 1.165) is 47.6 Å². The van der Waals surface area contributed by atoms with Gasteiger partial charge in [-0.2, -0.15) is 0 Å². The summed E-state index contributed by atoms with van der Waals surface area (Å²) < 4.78 is 12.0. The molecular weight excluding hydrogens is 332 g/mol. The fourth-order valence-electron chi connectivity index (χ4n) is 3.07. The highest BCUT2D eigenvalue weighted by Gasteiger charge is 2.28. The minimum Gasteiger partial charge on any atom is -0.493 e. The summed E-state index contributed by atoms with van der Waals surface area (Å²) in [5.74, 6) is 1.55. The second kappa shape index (κ2) is 7.53. The van der Waals surface area contributed by atoms with Crippen LogP contribution in [0.3, 0.4) is 0 Å². The Morgan fingerprint density at radius 3 is 2.52 bits per heavy atom. The molecule has 6 heteroatoms. The minimum atomic E-state index is 0.125. The molecule has 1 saturated heterocycles. The molecule has 1 fully saturated rings. The van der Waals surface area contributed by atoms with Gasteiger partial charge in [0.1, 0.15) is 0 Å². The van der Waals surface area contributed by atoms with E-state index in [9.17, 15) is 0 Å². The van der Waals surface area contributed by atoms with Crippen molar-refractivity contribution in [1.29, 1.82) is 0 Å². The second-order valence-corrected chi connectivity index (χ2v) is 7.16. The lowest BCUT2D eigenvalue weighted by Gasteiger charge is -2.35. The van der Waals surface area contributed by atoms with Gasteiger partial charge >= 0.3 is 0 Å². The lowest BCUT2D eigenvalue weighted by molar-refractivity contribution is 0.197. The van der Waals surface area contributed by atoms with E-state index in [0.29, 0.717) is 0 Å². The average molecular weight is 353 g/mol. The summed E-state index contributed by atoms with van der Waals surface area (Å²) >= 11 is 7.82. The number of hydrogen-bond acceptors (Lipinski definition) is 5. The Hall–Kier alpha value is -1.27. The third-order valence-electron chi connectivity index (χ3n) is 4.11. The van der Waals surface area contributed by atoms with Crippen LogP contribution in [-0.4, -0.2) is 45.3 Å². The summed E-state index contributed by atoms with van der Waals surface area (Å²) in [5.41, 5.74) is 1.12. The first-order valence-corrected chi connectivity index (χ1v) is 8.85. The summed E-state index contributed by atoms with van der Waals surface area (Å²) in [4.78, 5) is 3.69. The molecular formula is C17H21ClN2O2S. The zero-order valence-corrected chi connectivity index (χ0v) is 14.9. The number of piperazine rings is 1. The van der Waals surface area contributed by atoms with E-state index in [1.54, 1.807) is 25.6 Å². The van der Waals surface area contributed by atoms with Gasteiger partial charge in [0.2, 0.25) is 0 Å². The summed E-state index contributed by atoms with van der Waals surface area (Å²) in [6, 6.07) is 10.3. The molecule has 0 radical (unpaired) electrons. The summed E-state index contributed by atoms with van der Waals surface area (Å²) in [5, 5.41) is 3.41. The second-order valence-electron chi connectivity index (χ2n) is 5.41. The molecule has 23 heavy (non-hydrogen) atoms. The summed E-state index contributed by atoms with van der Waals surface area (Å²) in [6.45, 7) is 3.95. The standard InChI is InChI=1S/C17H21ClN2O2S/c1-21-13-5-3-4-12(17(13)22-2)16(14-6-7-15(18)23-14)20-10-8-19-9-11-20/h3-7,16,19H,8-11H2,1-2H3. The molecule has 3 rings (SSSR count). The molecule has 1 aliphatic rings. The molecule has 0 saturated carbocycles. The third-order valence-corrected chi connectivity index (χ3v) is 5.39. The van der Waals surface area contributed by atoms with Gasteiger partial charge in [-0.05, 0) is 18.2 Å². The van der Waals surface area contributed by atoms with Crippen molar-refractivity contribution in [1.82, 2.24) is 10.2 Å². The van der Waals surface area contributed by atoms with Gasteiger partial charge in [-0.25, -0.2) is 0 Å². The van der Waals surface area contributed by atoms with Gasteiger partial charge in [0.25, 0.3) is 0 Å². The van der Waals surface area contributed by atoms with Crippen molar-refractivity contribution in [3.63, 3.8) is 0 Å². The van der Waals surface area contributed by atoms with Crippen LogP contribution in [0.25, 0.3) is 0 Å². The van der Waals surface area contributed by atoms with Gasteiger partial charge in [0.05, 0.1) is 24.6 Å². The largest absolute Gasteiger partial charge is 0.493 e. The van der Waals surface area contributed by atoms with E-state index in [2.05, 4.69) is 22.3 Å². The lowest BCUT2D eigenvalue weighted by Crippen LogP contribution is -2.45. The Morgan fingerprint density at radius 2 is 1.91 bits per heavy atom. The third kappa shape index (κ3) is 3.48. The van der Waals surface area contributed by atoms with Crippen LogP contribution in [0.2, 0.25) is 4.34 Å². The topological polar surface area (TPSA) is 33.7 Å². The van der Waals surface area contributed by atoms with Crippen LogP contribution < -0.4 is 14.8 Å². The molecule has 0 spiro atoms. The van der Waals surface area contributed by atoms with E-state index in [1.165, 1.54) is 4.88 Å². The van der Waals surface area contributed by atoms with Gasteiger partial charge in [0, 0.05) is 36.6 Å². The number of nitrogens with one attached hydrogen (secondary N) is 1. The molecule has 1 N–H and O–H groups in total. The Labute approximate surface area is 146 Å². The van der Waals surface area contributed by atoms with Gasteiger partial charge < -0.3 is 14.8 Å². The highest BCUT2D eigenvalue weighted by Crippen LogP contribution is 2.42. The monoisotopic (exact) mass is 352 g/mol. The maximum atomic E-state index is 6.19. The zero-order valence-electron chi connectivity index (χ0n) is 13.3. The fraction of sp³-hybridized carbons (Fsp3) is 0.412. The quantitative estimate of drug-likeness (QED) is 0.894. The molecule has 0 amide bonds. The van der Waals surface area contributed by atoms with Gasteiger partial charge in [-0.1, -0.05) is 23.7 Å². The van der Waals surface area contributed by atoms with Gasteiger partial charge in [-0.3, -0.25) is 4.90 Å². The highest BCUT2D eigenvalue weighted by molar-refractivity contribution is 7.16. The molecule has 4 nitrogen and oxygen atoms in total. The molecule has 1 atom stereocenters. The maximum absolute atomic E-state index is 6.19. The van der Waals surface area contributed by atoms with E-state index in [1.807, 2.05) is 18.2 Å². The van der Waals surface area contributed by atoms with Crippen molar-refractivity contribution in [3.05, 3.63) is 45.1 Å². The van der Waals surface area contributed by atoms with E-state index in [4.69, 9.17) is 21.1 Å². The van der Waals surface area contributed by atoms with Crippen LogP contribution in [-0.2, 0) is 0 Å². The van der Waals surface area contributed by atoms with E-state index < -0.39 is 0 Å². The Morgan fingerprint density at radius 1 is 1.13 bits per heavy atom. The summed E-state index contributed by atoms with van der Waals surface area (Å²) in [7, 11) is 3.36. The molecule has 0 aliphatic carbocycles. The van der Waals surface area contributed by atoms with Crippen LogP contribution in [0.15, 0.2) is 30.3 Å². The number of benzene rings is 1. The predicted octanol–water partition coefficient (Wildman–Crippen LogP) is 3.41. The molecule has 2 heterocycles. The molecule has 1 aromatic carbocycles. The number of ether oxygens (including phenoxy) is 2. The van der Waals surface area contributed by atoms with Crippen molar-refractivity contribution in [3.8, 4) is 11.5 Å². The number of thiophene rings is 1. The normalized spacial score (nSPS) is 17.0. The van der Waals surface area contributed by atoms with Crippen molar-refractivity contribution >= 4 is 22.9 Å². The Balaban J connectivity index is 2.08. The number of nitrogens with zero attached hydrogens (tertiary/aromatic N) is 1. The molecule has 1 unspecified atom stereocenters. The average Bonchev–Trinajstić information content (AvgIpc) is 3.01. The summed E-state index contributed by atoms with van der Waals surface area (Å²) in [6.07, 6.45) is 0. The Bertz CT molecular complexity index is 656. The number of methoxy groups -OCH3 is 2. The van der Waals surface area contributed by atoms with Gasteiger partial charge in [-0.15, -0.1) is 11.3 Å². The smallest absolute Gasteiger partial charge is 0.165 e. The first-order valence-electron chi connectivity index (χ1n) is 7.65. The molecule has 1 aromatic heterocycles. The van der Waals surface area contributed by atoms with Crippen molar-refractivity contribution in [2.45, 2.75) is 6.04 Å². The minimum absolute atomic E-state index is 0.125. The zero-order chi connectivity index (χ0) is 16.2. The molecule has 1 aliphatic heterocycles. The SMILES string of the molecule is COc1cccc(C(c2ccc(Cl)s2)N2CCNCC2)c1OC. The number of para-hydroxylation sites is 1.